The minimum Gasteiger partial charge on any atom is -0.508 e. The van der Waals surface area contributed by atoms with Gasteiger partial charge in [-0.25, -0.2) is 0 Å². The molecule has 1 aliphatic carbocycles. The van der Waals surface area contributed by atoms with Crippen molar-refractivity contribution in [3.8, 4) is 5.75 Å². The third-order valence-corrected chi connectivity index (χ3v) is 3.84. The molecule has 1 aromatic rings. The molecule has 1 aromatic carbocycles. The summed E-state index contributed by atoms with van der Waals surface area (Å²) >= 11 is 0. The summed E-state index contributed by atoms with van der Waals surface area (Å²) in [7, 11) is 0. The third kappa shape index (κ3) is 5.57. The Morgan fingerprint density at radius 3 is 2.28 bits per heavy atom. The van der Waals surface area contributed by atoms with Gasteiger partial charge in [-0.3, -0.25) is 0 Å². The molecule has 1 fully saturated rings. The molecule has 102 valence electrons. The van der Waals surface area contributed by atoms with E-state index in [-0.39, 0.29) is 0 Å². The minimum absolute atomic E-state index is 0.439. The number of aromatic hydroxyl groups is 1. The van der Waals surface area contributed by atoms with Crippen molar-refractivity contribution in [1.82, 2.24) is 0 Å². The van der Waals surface area contributed by atoms with Crippen LogP contribution in [0.5, 0.6) is 5.75 Å². The first-order valence-corrected chi connectivity index (χ1v) is 7.54. The Morgan fingerprint density at radius 1 is 1.11 bits per heavy atom. The average molecular weight is 248 g/mol. The van der Waals surface area contributed by atoms with Gasteiger partial charge in [0, 0.05) is 0 Å². The van der Waals surface area contributed by atoms with Crippen molar-refractivity contribution in [2.45, 2.75) is 65.2 Å². The van der Waals surface area contributed by atoms with Crippen LogP contribution < -0.4 is 0 Å². The first-order chi connectivity index (χ1) is 8.77. The molecule has 1 heteroatoms. The van der Waals surface area contributed by atoms with Gasteiger partial charge in [-0.2, -0.15) is 0 Å². The number of unbranched alkanes of at least 4 members (excludes halogenated alkanes) is 2. The molecule has 0 radical (unpaired) electrons. The Morgan fingerprint density at radius 2 is 1.83 bits per heavy atom. The van der Waals surface area contributed by atoms with Crippen molar-refractivity contribution in [2.75, 3.05) is 0 Å². The molecule has 0 spiro atoms. The highest BCUT2D eigenvalue weighted by Gasteiger charge is 2.13. The fraction of sp³-hybridized carbons (Fsp3) is 0.647. The highest BCUT2D eigenvalue weighted by atomic mass is 16.3. The van der Waals surface area contributed by atoms with Crippen molar-refractivity contribution in [1.29, 1.82) is 0 Å². The monoisotopic (exact) mass is 248 g/mol. The molecule has 0 heterocycles. The molecule has 1 nitrogen and oxygen atoms in total. The number of phenols is 1. The maximum absolute atomic E-state index is 9.41. The highest BCUT2D eigenvalue weighted by Crippen LogP contribution is 2.28. The fourth-order valence-corrected chi connectivity index (χ4v) is 2.19. The second-order valence-electron chi connectivity index (χ2n) is 5.29. The second-order valence-corrected chi connectivity index (χ2v) is 5.29. The quantitative estimate of drug-likeness (QED) is 0.699. The number of aryl methyl sites for hydroxylation is 1. The lowest BCUT2D eigenvalue weighted by Crippen LogP contribution is -2.08. The van der Waals surface area contributed by atoms with Gasteiger partial charge in [-0.05, 0) is 30.4 Å². The summed E-state index contributed by atoms with van der Waals surface area (Å²) in [4.78, 5) is 0. The van der Waals surface area contributed by atoms with Crippen LogP contribution in [0.2, 0.25) is 0 Å². The third-order valence-electron chi connectivity index (χ3n) is 3.84. The number of rotatable bonds is 5. The SMILES string of the molecule is CCC1CCC1.CCCCCc1ccccc1O. The van der Waals surface area contributed by atoms with E-state index in [1.54, 1.807) is 6.07 Å². The molecule has 0 aliphatic heterocycles. The van der Waals surface area contributed by atoms with Crippen LogP contribution in [0.3, 0.4) is 0 Å². The van der Waals surface area contributed by atoms with E-state index in [1.165, 1.54) is 44.9 Å². The van der Waals surface area contributed by atoms with Crippen molar-refractivity contribution in [3.63, 3.8) is 0 Å². The maximum Gasteiger partial charge on any atom is 0.118 e. The zero-order valence-electron chi connectivity index (χ0n) is 12.0. The van der Waals surface area contributed by atoms with Crippen LogP contribution in [0, 0.1) is 5.92 Å². The maximum atomic E-state index is 9.41. The number of benzene rings is 1. The van der Waals surface area contributed by atoms with E-state index in [2.05, 4.69) is 13.8 Å². The Balaban J connectivity index is 0.000000225. The van der Waals surface area contributed by atoms with Crippen molar-refractivity contribution >= 4 is 0 Å². The summed E-state index contributed by atoms with van der Waals surface area (Å²) in [6.07, 6.45) is 10.6. The summed E-state index contributed by atoms with van der Waals surface area (Å²) in [5, 5.41) is 9.41. The van der Waals surface area contributed by atoms with E-state index in [0.717, 1.165) is 17.9 Å². The van der Waals surface area contributed by atoms with E-state index in [1.807, 2.05) is 18.2 Å². The molecule has 1 N–H and O–H groups in total. The first-order valence-electron chi connectivity index (χ1n) is 7.54. The molecular formula is C17H28O. The fourth-order valence-electron chi connectivity index (χ4n) is 2.19. The summed E-state index contributed by atoms with van der Waals surface area (Å²) < 4.78 is 0. The van der Waals surface area contributed by atoms with Crippen molar-refractivity contribution < 1.29 is 5.11 Å². The average Bonchev–Trinajstić information content (AvgIpc) is 2.31. The smallest absolute Gasteiger partial charge is 0.118 e. The van der Waals surface area contributed by atoms with Gasteiger partial charge in [0.05, 0.1) is 0 Å². The molecule has 18 heavy (non-hydrogen) atoms. The normalized spacial score (nSPS) is 14.6. The summed E-state index contributed by atoms with van der Waals surface area (Å²) in [6, 6.07) is 7.58. The number of hydrogen-bond acceptors (Lipinski definition) is 1. The first kappa shape index (κ1) is 15.1. The topological polar surface area (TPSA) is 20.2 Å². The van der Waals surface area contributed by atoms with E-state index < -0.39 is 0 Å². The Hall–Kier alpha value is -0.980. The van der Waals surface area contributed by atoms with Crippen LogP contribution in [0.15, 0.2) is 24.3 Å². The molecule has 0 saturated heterocycles. The van der Waals surface area contributed by atoms with Gasteiger partial charge < -0.3 is 5.11 Å². The number of hydrogen-bond donors (Lipinski definition) is 1. The second kappa shape index (κ2) is 9.02. The number of para-hydroxylation sites is 1. The zero-order chi connectivity index (χ0) is 13.2. The lowest BCUT2D eigenvalue weighted by atomic mass is 9.84. The predicted molar refractivity (Wildman–Crippen MR) is 79.0 cm³/mol. The van der Waals surface area contributed by atoms with E-state index >= 15 is 0 Å². The van der Waals surface area contributed by atoms with Crippen LogP contribution >= 0.6 is 0 Å². The van der Waals surface area contributed by atoms with Crippen molar-refractivity contribution in [3.05, 3.63) is 29.8 Å². The lowest BCUT2D eigenvalue weighted by Gasteiger charge is -2.22. The van der Waals surface area contributed by atoms with E-state index in [4.69, 9.17) is 0 Å². The summed E-state index contributed by atoms with van der Waals surface area (Å²) in [5.41, 5.74) is 1.07. The molecular weight excluding hydrogens is 220 g/mol. The minimum atomic E-state index is 0.439. The van der Waals surface area contributed by atoms with Gasteiger partial charge >= 0.3 is 0 Å². The molecule has 0 atom stereocenters. The predicted octanol–water partition coefficient (Wildman–Crippen LogP) is 5.32. The standard InChI is InChI=1S/C11H16O.C6H12/c1-2-3-4-7-10-8-5-6-9-11(10)12;1-2-6-4-3-5-6/h5-6,8-9,12H,2-4,7H2,1H3;6H,2-5H2,1H3. The highest BCUT2D eigenvalue weighted by molar-refractivity contribution is 5.31. The molecule has 0 aromatic heterocycles. The van der Waals surface area contributed by atoms with Crippen LogP contribution in [0.1, 0.15) is 64.4 Å². The number of phenolic OH excluding ortho intramolecular Hbond substituents is 1. The van der Waals surface area contributed by atoms with Gasteiger partial charge in [0.15, 0.2) is 0 Å². The van der Waals surface area contributed by atoms with Gasteiger partial charge in [-0.1, -0.05) is 70.6 Å². The molecule has 0 amide bonds. The van der Waals surface area contributed by atoms with Gasteiger partial charge in [-0.15, -0.1) is 0 Å². The van der Waals surface area contributed by atoms with E-state index in [0.29, 0.717) is 5.75 Å². The molecule has 0 unspecified atom stereocenters. The molecule has 0 bridgehead atoms. The van der Waals surface area contributed by atoms with Crippen molar-refractivity contribution in [2.24, 2.45) is 5.92 Å². The van der Waals surface area contributed by atoms with Crippen LogP contribution in [0.4, 0.5) is 0 Å². The summed E-state index contributed by atoms with van der Waals surface area (Å²) in [5.74, 6) is 1.55. The zero-order valence-corrected chi connectivity index (χ0v) is 12.0. The largest absolute Gasteiger partial charge is 0.508 e. The van der Waals surface area contributed by atoms with Gasteiger partial charge in [0.2, 0.25) is 0 Å². The Bertz CT molecular complexity index is 312. The molecule has 1 saturated carbocycles. The van der Waals surface area contributed by atoms with Gasteiger partial charge in [0.25, 0.3) is 0 Å². The summed E-state index contributed by atoms with van der Waals surface area (Å²) in [6.45, 7) is 4.47. The molecule has 1 aliphatic rings. The lowest BCUT2D eigenvalue weighted by molar-refractivity contribution is 0.307. The van der Waals surface area contributed by atoms with Gasteiger partial charge in [0.1, 0.15) is 5.75 Å². The van der Waals surface area contributed by atoms with Crippen LogP contribution in [0.25, 0.3) is 0 Å². The Kier molecular flexibility index (Phi) is 7.55. The van der Waals surface area contributed by atoms with Crippen LogP contribution in [-0.4, -0.2) is 5.11 Å². The molecule has 2 rings (SSSR count). The van der Waals surface area contributed by atoms with Crippen LogP contribution in [-0.2, 0) is 6.42 Å². The van der Waals surface area contributed by atoms with E-state index in [9.17, 15) is 5.11 Å². The Labute approximate surface area is 112 Å².